The number of hydrogen-bond acceptors (Lipinski definition) is 5. The van der Waals surface area contributed by atoms with Gasteiger partial charge in [-0.3, -0.25) is 9.59 Å². The van der Waals surface area contributed by atoms with Crippen LogP contribution in [0.25, 0.3) is 11.3 Å². The lowest BCUT2D eigenvalue weighted by molar-refractivity contribution is -0.123. The summed E-state index contributed by atoms with van der Waals surface area (Å²) in [5.41, 5.74) is 1.47. The molecular formula is C20H23N5O2. The van der Waals surface area contributed by atoms with Gasteiger partial charge in [0.2, 0.25) is 5.91 Å². The van der Waals surface area contributed by atoms with Gasteiger partial charge in [-0.05, 0) is 62.6 Å². The second-order valence-electron chi connectivity index (χ2n) is 8.23. The van der Waals surface area contributed by atoms with E-state index in [9.17, 15) is 9.59 Å². The van der Waals surface area contributed by atoms with Crippen molar-refractivity contribution in [3.63, 3.8) is 0 Å². The van der Waals surface area contributed by atoms with Crippen molar-refractivity contribution in [1.82, 2.24) is 20.1 Å². The number of carbonyl (C=O) groups excluding carboxylic acids is 1. The van der Waals surface area contributed by atoms with E-state index < -0.39 is 0 Å². The van der Waals surface area contributed by atoms with Crippen LogP contribution >= 0.6 is 0 Å². The molecule has 0 radical (unpaired) electrons. The molecular weight excluding hydrogens is 342 g/mol. The lowest BCUT2D eigenvalue weighted by Gasteiger charge is -2.62. The van der Waals surface area contributed by atoms with Crippen molar-refractivity contribution in [2.75, 3.05) is 5.32 Å². The summed E-state index contributed by atoms with van der Waals surface area (Å²) in [6, 6.07) is 7.28. The minimum absolute atomic E-state index is 0.0556. The van der Waals surface area contributed by atoms with Crippen molar-refractivity contribution in [1.29, 1.82) is 0 Å². The van der Waals surface area contributed by atoms with Crippen molar-refractivity contribution >= 4 is 11.7 Å². The number of aromatic nitrogens is 3. The van der Waals surface area contributed by atoms with Crippen molar-refractivity contribution < 1.29 is 4.79 Å². The minimum Gasteiger partial charge on any atom is -0.365 e. The zero-order chi connectivity index (χ0) is 18.4. The second kappa shape index (κ2) is 6.18. The van der Waals surface area contributed by atoms with E-state index in [4.69, 9.17) is 0 Å². The van der Waals surface area contributed by atoms with Crippen molar-refractivity contribution in [3.05, 3.63) is 40.8 Å². The maximum Gasteiger partial charge on any atom is 0.267 e. The van der Waals surface area contributed by atoms with Gasteiger partial charge in [0.15, 0.2) is 0 Å². The Morgan fingerprint density at radius 1 is 1.19 bits per heavy atom. The fraction of sp³-hybridized carbons (Fsp3) is 0.500. The number of nitrogens with one attached hydrogen (secondary N) is 2. The molecule has 27 heavy (non-hydrogen) atoms. The molecule has 2 bridgehead atoms. The summed E-state index contributed by atoms with van der Waals surface area (Å²) >= 11 is 0. The van der Waals surface area contributed by atoms with Gasteiger partial charge in [-0.2, -0.15) is 5.10 Å². The number of amides is 1. The highest BCUT2D eigenvalue weighted by Gasteiger charge is 2.56. The molecule has 4 aliphatic rings. The first-order valence-electron chi connectivity index (χ1n) is 9.71. The molecule has 0 aromatic carbocycles. The van der Waals surface area contributed by atoms with Gasteiger partial charge in [-0.25, -0.2) is 9.67 Å². The van der Waals surface area contributed by atoms with Gasteiger partial charge < -0.3 is 10.6 Å². The average Bonchev–Trinajstić information content (AvgIpc) is 2.56. The third-order valence-electron chi connectivity index (χ3n) is 6.12. The first-order valence-corrected chi connectivity index (χ1v) is 9.71. The quantitative estimate of drug-likeness (QED) is 0.817. The molecule has 2 aromatic heterocycles. The van der Waals surface area contributed by atoms with Crippen LogP contribution in [0.2, 0.25) is 0 Å². The van der Waals surface area contributed by atoms with Gasteiger partial charge in [0.05, 0.1) is 5.69 Å². The second-order valence-corrected chi connectivity index (χ2v) is 8.23. The van der Waals surface area contributed by atoms with Gasteiger partial charge >= 0.3 is 0 Å². The largest absolute Gasteiger partial charge is 0.365 e. The average molecular weight is 365 g/mol. The summed E-state index contributed by atoms with van der Waals surface area (Å²) in [7, 11) is 0. The number of carbonyl (C=O) groups is 1. The molecule has 2 N–H and O–H groups in total. The molecule has 2 aromatic rings. The molecule has 0 atom stereocenters. The van der Waals surface area contributed by atoms with Gasteiger partial charge in [-0.1, -0.05) is 0 Å². The van der Waals surface area contributed by atoms with Crippen LogP contribution in [0, 0.1) is 5.92 Å². The van der Waals surface area contributed by atoms with Gasteiger partial charge in [0, 0.05) is 29.4 Å². The molecule has 2 heterocycles. The fourth-order valence-electron chi connectivity index (χ4n) is 4.20. The first kappa shape index (κ1) is 16.5. The lowest BCUT2D eigenvalue weighted by atomic mass is 9.50. The Kier molecular flexibility index (Phi) is 3.77. The Morgan fingerprint density at radius 2 is 2.00 bits per heavy atom. The summed E-state index contributed by atoms with van der Waals surface area (Å²) in [6.45, 7) is -0.0556. The van der Waals surface area contributed by atoms with Crippen LogP contribution in [-0.2, 0) is 11.3 Å². The molecule has 6 rings (SSSR count). The van der Waals surface area contributed by atoms with Crippen LogP contribution in [-0.4, -0.2) is 32.3 Å². The molecule has 0 unspecified atom stereocenters. The Hall–Kier alpha value is -2.70. The Bertz CT molecular complexity index is 915. The van der Waals surface area contributed by atoms with E-state index in [1.54, 1.807) is 12.3 Å². The maximum absolute atomic E-state index is 12.1. The monoisotopic (exact) mass is 365 g/mol. The standard InChI is InChI=1S/C20H23N5O2/c26-18(22-15-2-1-3-15)12-25-19(27)7-5-16(24-25)14-4-6-17(21-11-14)23-20-8-13(9-20)10-20/h4-7,11,13,15H,1-3,8-10,12H2,(H,21,23)(H,22,26). The molecule has 0 spiro atoms. The van der Waals surface area contributed by atoms with E-state index in [1.165, 1.54) is 30.0 Å². The smallest absolute Gasteiger partial charge is 0.267 e. The zero-order valence-electron chi connectivity index (χ0n) is 15.1. The van der Waals surface area contributed by atoms with E-state index in [0.29, 0.717) is 11.2 Å². The van der Waals surface area contributed by atoms with Crippen molar-refractivity contribution in [2.45, 2.75) is 56.7 Å². The summed E-state index contributed by atoms with van der Waals surface area (Å²) in [5, 5.41) is 10.8. The first-order chi connectivity index (χ1) is 13.1. The molecule has 4 fully saturated rings. The summed E-state index contributed by atoms with van der Waals surface area (Å²) in [5.74, 6) is 1.64. The SMILES string of the molecule is O=C(Cn1nc(-c2ccc(NC34CC(C3)C4)nc2)ccc1=O)NC1CCC1. The number of pyridine rings is 1. The van der Waals surface area contributed by atoms with E-state index in [1.807, 2.05) is 12.1 Å². The highest BCUT2D eigenvalue weighted by molar-refractivity contribution is 5.76. The van der Waals surface area contributed by atoms with Crippen LogP contribution in [0.15, 0.2) is 35.3 Å². The topological polar surface area (TPSA) is 88.9 Å². The number of nitrogens with zero attached hydrogens (tertiary/aromatic N) is 3. The Labute approximate surface area is 157 Å². The Balaban J connectivity index is 1.29. The zero-order valence-corrected chi connectivity index (χ0v) is 15.1. The van der Waals surface area contributed by atoms with E-state index >= 15 is 0 Å². The predicted molar refractivity (Wildman–Crippen MR) is 101 cm³/mol. The molecule has 0 saturated heterocycles. The molecule has 4 saturated carbocycles. The van der Waals surface area contributed by atoms with Crippen LogP contribution in [0.4, 0.5) is 5.82 Å². The molecule has 7 heteroatoms. The molecule has 4 aliphatic carbocycles. The molecule has 0 aliphatic heterocycles. The van der Waals surface area contributed by atoms with Crippen LogP contribution in [0.5, 0.6) is 0 Å². The fourth-order valence-corrected chi connectivity index (χ4v) is 4.20. The summed E-state index contributed by atoms with van der Waals surface area (Å²) < 4.78 is 1.22. The summed E-state index contributed by atoms with van der Waals surface area (Å²) in [6.07, 6.45) is 8.71. The van der Waals surface area contributed by atoms with Crippen LogP contribution in [0.1, 0.15) is 38.5 Å². The Morgan fingerprint density at radius 3 is 2.59 bits per heavy atom. The number of anilines is 1. The maximum atomic E-state index is 12.1. The van der Waals surface area contributed by atoms with E-state index in [-0.39, 0.29) is 24.1 Å². The van der Waals surface area contributed by atoms with Crippen molar-refractivity contribution in [2.24, 2.45) is 5.92 Å². The van der Waals surface area contributed by atoms with Gasteiger partial charge in [0.25, 0.3) is 5.56 Å². The summed E-state index contributed by atoms with van der Waals surface area (Å²) in [4.78, 5) is 28.7. The predicted octanol–water partition coefficient (Wildman–Crippen LogP) is 1.94. The van der Waals surface area contributed by atoms with Gasteiger partial charge in [0.1, 0.15) is 12.4 Å². The van der Waals surface area contributed by atoms with Gasteiger partial charge in [-0.15, -0.1) is 0 Å². The van der Waals surface area contributed by atoms with E-state index in [2.05, 4.69) is 20.7 Å². The van der Waals surface area contributed by atoms with Crippen LogP contribution < -0.4 is 16.2 Å². The third-order valence-corrected chi connectivity index (χ3v) is 6.12. The normalized spacial score (nSPS) is 25.7. The number of rotatable bonds is 6. The molecule has 7 nitrogen and oxygen atoms in total. The minimum atomic E-state index is -0.280. The molecule has 1 amide bonds. The lowest BCUT2D eigenvalue weighted by Crippen LogP contribution is -2.63. The van der Waals surface area contributed by atoms with E-state index in [0.717, 1.165) is 36.6 Å². The highest BCUT2D eigenvalue weighted by atomic mass is 16.2. The molecule has 140 valence electrons. The van der Waals surface area contributed by atoms with Crippen molar-refractivity contribution in [3.8, 4) is 11.3 Å². The third kappa shape index (κ3) is 3.11. The highest BCUT2D eigenvalue weighted by Crippen LogP contribution is 2.58. The van der Waals surface area contributed by atoms with Crippen LogP contribution in [0.3, 0.4) is 0 Å². The number of hydrogen-bond donors (Lipinski definition) is 2.